The van der Waals surface area contributed by atoms with Crippen LogP contribution in [0, 0.1) is 0 Å². The van der Waals surface area contributed by atoms with Crippen molar-refractivity contribution in [3.05, 3.63) is 41.5 Å². The van der Waals surface area contributed by atoms with Gasteiger partial charge in [-0.2, -0.15) is 5.06 Å². The van der Waals surface area contributed by atoms with Crippen LogP contribution in [0.25, 0.3) is 6.08 Å². The van der Waals surface area contributed by atoms with Gasteiger partial charge in [0, 0.05) is 6.54 Å². The fourth-order valence-corrected chi connectivity index (χ4v) is 2.32. The number of hydrogen-bond donors (Lipinski definition) is 0. The summed E-state index contributed by atoms with van der Waals surface area (Å²) in [5, 5.41) is 2.04. The number of hydroxylamine groups is 2. The van der Waals surface area contributed by atoms with Gasteiger partial charge in [0.2, 0.25) is 0 Å². The molecule has 17 heavy (non-hydrogen) atoms. The Morgan fingerprint density at radius 1 is 1.35 bits per heavy atom. The molecule has 90 valence electrons. The minimum absolute atomic E-state index is 0.0618. The summed E-state index contributed by atoms with van der Waals surface area (Å²) in [6.45, 7) is 4.47. The molecule has 1 heterocycles. The summed E-state index contributed by atoms with van der Waals surface area (Å²) < 4.78 is 5.41. The Balaban J connectivity index is 1.73. The molecule has 0 spiro atoms. The highest BCUT2D eigenvalue weighted by Gasteiger charge is 2.25. The van der Waals surface area contributed by atoms with Gasteiger partial charge in [0.25, 0.3) is 0 Å². The molecule has 1 aromatic carbocycles. The van der Waals surface area contributed by atoms with Gasteiger partial charge < -0.3 is 4.74 Å². The average Bonchev–Trinajstić information content (AvgIpc) is 2.76. The van der Waals surface area contributed by atoms with E-state index in [4.69, 9.17) is 9.57 Å². The van der Waals surface area contributed by atoms with Gasteiger partial charge in [0.15, 0.2) is 0 Å². The van der Waals surface area contributed by atoms with Gasteiger partial charge in [-0.1, -0.05) is 30.3 Å². The first kappa shape index (κ1) is 11.0. The molecule has 2 unspecified atom stereocenters. The lowest BCUT2D eigenvalue weighted by Gasteiger charge is -2.34. The monoisotopic (exact) mass is 231 g/mol. The van der Waals surface area contributed by atoms with Crippen LogP contribution in [0.15, 0.2) is 30.3 Å². The molecule has 1 aliphatic carbocycles. The maximum atomic E-state index is 6.06. The van der Waals surface area contributed by atoms with Crippen molar-refractivity contribution in [2.24, 2.45) is 0 Å². The zero-order valence-corrected chi connectivity index (χ0v) is 10.0. The summed E-state index contributed by atoms with van der Waals surface area (Å²) in [7, 11) is 0. The van der Waals surface area contributed by atoms with Crippen LogP contribution in [0.3, 0.4) is 0 Å². The third kappa shape index (κ3) is 2.14. The third-order valence-corrected chi connectivity index (χ3v) is 3.31. The number of benzene rings is 1. The summed E-state index contributed by atoms with van der Waals surface area (Å²) >= 11 is 0. The molecule has 2 atom stereocenters. The van der Waals surface area contributed by atoms with Crippen molar-refractivity contribution in [3.8, 4) is 0 Å². The van der Waals surface area contributed by atoms with Gasteiger partial charge in [0.05, 0.1) is 19.3 Å². The normalized spacial score (nSPS) is 28.3. The molecule has 3 nitrogen and oxygen atoms in total. The van der Waals surface area contributed by atoms with E-state index in [9.17, 15) is 0 Å². The van der Waals surface area contributed by atoms with Gasteiger partial charge in [-0.15, -0.1) is 0 Å². The standard InChI is InChI=1S/C14H17NO2/c1-11-10-16-9-8-15(11)17-14-7-6-12-4-2-3-5-13(12)14/h2-7,11,14H,8-10H2,1H3. The fourth-order valence-electron chi connectivity index (χ4n) is 2.32. The van der Waals surface area contributed by atoms with Crippen LogP contribution < -0.4 is 0 Å². The molecule has 1 aliphatic heterocycles. The van der Waals surface area contributed by atoms with Gasteiger partial charge in [0.1, 0.15) is 6.10 Å². The SMILES string of the molecule is CC1COCCN1OC1C=Cc2ccccc21. The zero-order valence-electron chi connectivity index (χ0n) is 10.0. The largest absolute Gasteiger partial charge is 0.378 e. The van der Waals surface area contributed by atoms with Crippen molar-refractivity contribution in [2.75, 3.05) is 19.8 Å². The number of hydrogen-bond acceptors (Lipinski definition) is 3. The van der Waals surface area contributed by atoms with Crippen LogP contribution in [-0.4, -0.2) is 30.9 Å². The van der Waals surface area contributed by atoms with Crippen molar-refractivity contribution in [3.63, 3.8) is 0 Å². The molecule has 2 aliphatic rings. The maximum absolute atomic E-state index is 6.06. The number of nitrogens with zero attached hydrogens (tertiary/aromatic N) is 1. The van der Waals surface area contributed by atoms with Crippen LogP contribution in [0.2, 0.25) is 0 Å². The fraction of sp³-hybridized carbons (Fsp3) is 0.429. The number of ether oxygens (including phenoxy) is 1. The number of morpholine rings is 1. The van der Waals surface area contributed by atoms with Crippen molar-refractivity contribution in [2.45, 2.75) is 19.1 Å². The zero-order chi connectivity index (χ0) is 11.7. The van der Waals surface area contributed by atoms with Crippen molar-refractivity contribution < 1.29 is 9.57 Å². The Kier molecular flexibility index (Phi) is 2.97. The second-order valence-corrected chi connectivity index (χ2v) is 4.58. The average molecular weight is 231 g/mol. The van der Waals surface area contributed by atoms with E-state index < -0.39 is 0 Å². The van der Waals surface area contributed by atoms with E-state index in [1.807, 2.05) is 5.06 Å². The molecule has 0 saturated carbocycles. The molecule has 0 bridgehead atoms. The highest BCUT2D eigenvalue weighted by Crippen LogP contribution is 2.32. The lowest BCUT2D eigenvalue weighted by molar-refractivity contribution is -0.240. The first-order chi connectivity index (χ1) is 8.34. The maximum Gasteiger partial charge on any atom is 0.123 e. The highest BCUT2D eigenvalue weighted by molar-refractivity contribution is 5.61. The predicted molar refractivity (Wildman–Crippen MR) is 66.3 cm³/mol. The molecule has 0 radical (unpaired) electrons. The Morgan fingerprint density at radius 2 is 2.24 bits per heavy atom. The van der Waals surface area contributed by atoms with Crippen LogP contribution in [0.5, 0.6) is 0 Å². The number of fused-ring (bicyclic) bond motifs is 1. The first-order valence-corrected chi connectivity index (χ1v) is 6.13. The third-order valence-electron chi connectivity index (χ3n) is 3.31. The Morgan fingerprint density at radius 3 is 3.12 bits per heavy atom. The molecule has 1 fully saturated rings. The van der Waals surface area contributed by atoms with Crippen molar-refractivity contribution in [1.82, 2.24) is 5.06 Å². The topological polar surface area (TPSA) is 21.7 Å². The van der Waals surface area contributed by atoms with Crippen LogP contribution >= 0.6 is 0 Å². The smallest absolute Gasteiger partial charge is 0.123 e. The minimum atomic E-state index is 0.0618. The van der Waals surface area contributed by atoms with Crippen molar-refractivity contribution >= 4 is 6.08 Å². The van der Waals surface area contributed by atoms with Gasteiger partial charge in [-0.3, -0.25) is 4.84 Å². The van der Waals surface area contributed by atoms with Crippen LogP contribution in [0.4, 0.5) is 0 Å². The van der Waals surface area contributed by atoms with Gasteiger partial charge in [-0.25, -0.2) is 0 Å². The Hall–Kier alpha value is -1.16. The summed E-state index contributed by atoms with van der Waals surface area (Å²) in [6.07, 6.45) is 4.31. The molecule has 1 aromatic rings. The molecule has 3 heteroatoms. The molecule has 0 N–H and O–H groups in total. The minimum Gasteiger partial charge on any atom is -0.378 e. The second-order valence-electron chi connectivity index (χ2n) is 4.58. The second kappa shape index (κ2) is 4.61. The summed E-state index contributed by atoms with van der Waals surface area (Å²) in [4.78, 5) is 6.06. The van der Waals surface area contributed by atoms with Crippen LogP contribution in [-0.2, 0) is 9.57 Å². The first-order valence-electron chi connectivity index (χ1n) is 6.13. The molecule has 1 saturated heterocycles. The molecular weight excluding hydrogens is 214 g/mol. The summed E-state index contributed by atoms with van der Waals surface area (Å²) in [5.41, 5.74) is 2.52. The predicted octanol–water partition coefficient (Wildman–Crippen LogP) is 2.41. The summed E-state index contributed by atoms with van der Waals surface area (Å²) in [6, 6.07) is 8.70. The Labute approximate surface area is 102 Å². The highest BCUT2D eigenvalue weighted by atomic mass is 16.7. The molecular formula is C14H17NO2. The lowest BCUT2D eigenvalue weighted by atomic mass is 10.1. The van der Waals surface area contributed by atoms with E-state index in [-0.39, 0.29) is 6.10 Å². The van der Waals surface area contributed by atoms with Gasteiger partial charge >= 0.3 is 0 Å². The van der Waals surface area contributed by atoms with E-state index in [1.54, 1.807) is 0 Å². The van der Waals surface area contributed by atoms with E-state index in [1.165, 1.54) is 11.1 Å². The van der Waals surface area contributed by atoms with Crippen LogP contribution in [0.1, 0.15) is 24.2 Å². The van der Waals surface area contributed by atoms with E-state index in [0.29, 0.717) is 6.04 Å². The van der Waals surface area contributed by atoms with E-state index in [2.05, 4.69) is 43.3 Å². The van der Waals surface area contributed by atoms with Crippen molar-refractivity contribution in [1.29, 1.82) is 0 Å². The van der Waals surface area contributed by atoms with Gasteiger partial charge in [-0.05, 0) is 24.1 Å². The Bertz CT molecular complexity index is 430. The molecule has 0 aromatic heterocycles. The molecule has 3 rings (SSSR count). The van der Waals surface area contributed by atoms with E-state index >= 15 is 0 Å². The number of rotatable bonds is 2. The summed E-state index contributed by atoms with van der Waals surface area (Å²) in [5.74, 6) is 0. The lowest BCUT2D eigenvalue weighted by Crippen LogP contribution is -2.43. The molecule has 0 amide bonds. The quantitative estimate of drug-likeness (QED) is 0.780. The van der Waals surface area contributed by atoms with E-state index in [0.717, 1.165) is 19.8 Å².